The van der Waals surface area contributed by atoms with Gasteiger partial charge < -0.3 is 19.8 Å². The van der Waals surface area contributed by atoms with Crippen LogP contribution in [0, 0.1) is 6.92 Å². The minimum atomic E-state index is -0.700. The molecule has 1 saturated heterocycles. The van der Waals surface area contributed by atoms with E-state index >= 15 is 0 Å². The highest BCUT2D eigenvalue weighted by molar-refractivity contribution is 7.10. The van der Waals surface area contributed by atoms with E-state index in [-0.39, 0.29) is 37.7 Å². The molecule has 0 aliphatic carbocycles. The zero-order chi connectivity index (χ0) is 19.4. The molecule has 142 valence electrons. The van der Waals surface area contributed by atoms with Crippen LogP contribution in [0.2, 0.25) is 0 Å². The van der Waals surface area contributed by atoms with E-state index in [1.54, 1.807) is 12.1 Å². The maximum absolute atomic E-state index is 12.7. The lowest BCUT2D eigenvalue weighted by Gasteiger charge is -2.23. The number of aliphatic hydroxyl groups is 2. The van der Waals surface area contributed by atoms with Crippen molar-refractivity contribution in [3.63, 3.8) is 0 Å². The summed E-state index contributed by atoms with van der Waals surface area (Å²) >= 11 is 1.42. The summed E-state index contributed by atoms with van der Waals surface area (Å²) in [7, 11) is 0. The van der Waals surface area contributed by atoms with E-state index in [9.17, 15) is 14.7 Å². The van der Waals surface area contributed by atoms with Gasteiger partial charge in [0.25, 0.3) is 11.7 Å². The second kappa shape index (κ2) is 8.47. The highest BCUT2D eigenvalue weighted by atomic mass is 32.1. The van der Waals surface area contributed by atoms with Crippen molar-refractivity contribution in [1.29, 1.82) is 0 Å². The minimum Gasteiger partial charge on any atom is -0.507 e. The maximum atomic E-state index is 12.7. The van der Waals surface area contributed by atoms with E-state index in [1.165, 1.54) is 16.2 Å². The number of nitrogens with zero attached hydrogens (tertiary/aromatic N) is 1. The van der Waals surface area contributed by atoms with Crippen LogP contribution in [0.1, 0.15) is 22.0 Å². The van der Waals surface area contributed by atoms with Crippen molar-refractivity contribution in [2.45, 2.75) is 13.0 Å². The van der Waals surface area contributed by atoms with Crippen molar-refractivity contribution in [3.05, 3.63) is 63.4 Å². The lowest BCUT2D eigenvalue weighted by atomic mass is 9.99. The number of aliphatic hydroxyl groups excluding tert-OH is 2. The SMILES string of the molecule is Cc1ccc(/C(O)=C2/C(=O)C(=O)N(CCOCCO)C2c2cccs2)cc1. The summed E-state index contributed by atoms with van der Waals surface area (Å²) in [6.45, 7) is 2.37. The number of hydrogen-bond acceptors (Lipinski definition) is 6. The Hall–Kier alpha value is -2.48. The Morgan fingerprint density at radius 1 is 1.19 bits per heavy atom. The molecule has 1 unspecified atom stereocenters. The smallest absolute Gasteiger partial charge is 0.295 e. The molecule has 2 heterocycles. The molecule has 0 bridgehead atoms. The molecule has 0 radical (unpaired) electrons. The maximum Gasteiger partial charge on any atom is 0.295 e. The number of rotatable bonds is 7. The Labute approximate surface area is 161 Å². The predicted molar refractivity (Wildman–Crippen MR) is 102 cm³/mol. The monoisotopic (exact) mass is 387 g/mol. The summed E-state index contributed by atoms with van der Waals surface area (Å²) < 4.78 is 5.26. The van der Waals surface area contributed by atoms with Gasteiger partial charge in [0.15, 0.2) is 0 Å². The Morgan fingerprint density at radius 2 is 1.93 bits per heavy atom. The van der Waals surface area contributed by atoms with Crippen LogP contribution in [0.5, 0.6) is 0 Å². The minimum absolute atomic E-state index is 0.0912. The standard InChI is InChI=1S/C20H21NO5S/c1-13-4-6-14(7-5-13)18(23)16-17(15-3-2-12-27-15)21(20(25)19(16)24)8-10-26-11-9-22/h2-7,12,17,22-23H,8-11H2,1H3/b18-16-. The lowest BCUT2D eigenvalue weighted by Crippen LogP contribution is -2.32. The van der Waals surface area contributed by atoms with Gasteiger partial charge in [-0.05, 0) is 18.4 Å². The number of carbonyl (C=O) groups is 2. The van der Waals surface area contributed by atoms with E-state index in [0.29, 0.717) is 5.56 Å². The third-order valence-corrected chi connectivity index (χ3v) is 5.31. The van der Waals surface area contributed by atoms with Crippen LogP contribution in [0.4, 0.5) is 0 Å². The second-order valence-electron chi connectivity index (χ2n) is 6.21. The molecule has 2 aromatic rings. The van der Waals surface area contributed by atoms with Crippen molar-refractivity contribution in [2.75, 3.05) is 26.4 Å². The van der Waals surface area contributed by atoms with Gasteiger partial charge in [0.1, 0.15) is 5.76 Å². The number of ether oxygens (including phenoxy) is 1. The van der Waals surface area contributed by atoms with E-state index in [4.69, 9.17) is 9.84 Å². The van der Waals surface area contributed by atoms with Gasteiger partial charge in [-0.3, -0.25) is 9.59 Å². The number of carbonyl (C=O) groups excluding carboxylic acids is 2. The van der Waals surface area contributed by atoms with Gasteiger partial charge in [-0.1, -0.05) is 35.9 Å². The fourth-order valence-electron chi connectivity index (χ4n) is 3.05. The normalized spacial score (nSPS) is 19.0. The molecule has 1 amide bonds. The van der Waals surface area contributed by atoms with E-state index < -0.39 is 17.7 Å². The van der Waals surface area contributed by atoms with Crippen molar-refractivity contribution >= 4 is 28.8 Å². The van der Waals surface area contributed by atoms with E-state index in [1.807, 2.05) is 36.6 Å². The Kier molecular flexibility index (Phi) is 6.05. The number of ketones is 1. The molecule has 2 N–H and O–H groups in total. The van der Waals surface area contributed by atoms with Gasteiger partial charge in [0, 0.05) is 17.0 Å². The molecule has 3 rings (SSSR count). The first kappa shape index (κ1) is 19.3. The van der Waals surface area contributed by atoms with Crippen LogP contribution >= 0.6 is 11.3 Å². The van der Waals surface area contributed by atoms with Crippen molar-refractivity contribution in [3.8, 4) is 0 Å². The molecule has 1 aliphatic heterocycles. The number of thiophene rings is 1. The average molecular weight is 387 g/mol. The van der Waals surface area contributed by atoms with Gasteiger partial charge >= 0.3 is 0 Å². The molecule has 27 heavy (non-hydrogen) atoms. The molecular formula is C20H21NO5S. The van der Waals surface area contributed by atoms with E-state index in [0.717, 1.165) is 10.4 Å². The lowest BCUT2D eigenvalue weighted by molar-refractivity contribution is -0.140. The average Bonchev–Trinajstić information content (AvgIpc) is 3.27. The Morgan fingerprint density at radius 3 is 2.56 bits per heavy atom. The first-order valence-electron chi connectivity index (χ1n) is 8.62. The van der Waals surface area contributed by atoms with Crippen LogP contribution in [-0.2, 0) is 14.3 Å². The molecule has 0 spiro atoms. The number of likely N-dealkylation sites (tertiary alicyclic amines) is 1. The third kappa shape index (κ3) is 3.95. The molecule has 7 heteroatoms. The number of aryl methyl sites for hydroxylation is 1. The molecule has 6 nitrogen and oxygen atoms in total. The summed E-state index contributed by atoms with van der Waals surface area (Å²) in [6, 6.07) is 10.2. The van der Waals surface area contributed by atoms with Crippen LogP contribution in [0.3, 0.4) is 0 Å². The van der Waals surface area contributed by atoms with Crippen LogP contribution in [0.15, 0.2) is 47.4 Å². The molecule has 1 atom stereocenters. The second-order valence-corrected chi connectivity index (χ2v) is 7.19. The fraction of sp³-hybridized carbons (Fsp3) is 0.300. The van der Waals surface area contributed by atoms with Gasteiger partial charge in [0.05, 0.1) is 31.4 Å². The molecule has 1 aliphatic rings. The largest absolute Gasteiger partial charge is 0.507 e. The Bertz CT molecular complexity index is 842. The van der Waals surface area contributed by atoms with Crippen LogP contribution < -0.4 is 0 Å². The number of Topliss-reactive ketones (excluding diaryl/α,β-unsaturated/α-hetero) is 1. The number of hydrogen-bond donors (Lipinski definition) is 2. The van der Waals surface area contributed by atoms with Gasteiger partial charge in [-0.15, -0.1) is 11.3 Å². The first-order chi connectivity index (χ1) is 13.0. The number of amides is 1. The zero-order valence-electron chi connectivity index (χ0n) is 14.9. The predicted octanol–water partition coefficient (Wildman–Crippen LogP) is 2.49. The molecule has 1 fully saturated rings. The first-order valence-corrected chi connectivity index (χ1v) is 9.50. The van der Waals surface area contributed by atoms with Crippen molar-refractivity contribution in [2.24, 2.45) is 0 Å². The summed E-state index contributed by atoms with van der Waals surface area (Å²) in [5.41, 5.74) is 1.62. The van der Waals surface area contributed by atoms with Crippen LogP contribution in [0.25, 0.3) is 5.76 Å². The molecular weight excluding hydrogens is 366 g/mol. The highest BCUT2D eigenvalue weighted by Gasteiger charge is 2.46. The topological polar surface area (TPSA) is 87.1 Å². The summed E-state index contributed by atoms with van der Waals surface area (Å²) in [6.07, 6.45) is 0. The fourth-order valence-corrected chi connectivity index (χ4v) is 3.90. The summed E-state index contributed by atoms with van der Waals surface area (Å²) in [5.74, 6) is -1.53. The van der Waals surface area contributed by atoms with Crippen molar-refractivity contribution < 1.29 is 24.5 Å². The van der Waals surface area contributed by atoms with Gasteiger partial charge in [0.2, 0.25) is 0 Å². The number of benzene rings is 1. The van der Waals surface area contributed by atoms with Gasteiger partial charge in [-0.2, -0.15) is 0 Å². The zero-order valence-corrected chi connectivity index (χ0v) is 15.7. The Balaban J connectivity index is 2.00. The summed E-state index contributed by atoms with van der Waals surface area (Å²) in [4.78, 5) is 27.5. The van der Waals surface area contributed by atoms with Crippen LogP contribution in [-0.4, -0.2) is 53.2 Å². The van der Waals surface area contributed by atoms with Gasteiger partial charge in [-0.25, -0.2) is 0 Å². The quantitative estimate of drug-likeness (QED) is 0.330. The molecule has 1 aromatic carbocycles. The summed E-state index contributed by atoms with van der Waals surface area (Å²) in [5, 5.41) is 21.5. The van der Waals surface area contributed by atoms with E-state index in [2.05, 4.69) is 0 Å². The third-order valence-electron chi connectivity index (χ3n) is 4.39. The van der Waals surface area contributed by atoms with Crippen molar-refractivity contribution in [1.82, 2.24) is 4.90 Å². The highest BCUT2D eigenvalue weighted by Crippen LogP contribution is 2.40. The molecule has 0 saturated carbocycles. The molecule has 1 aromatic heterocycles.